The van der Waals surface area contributed by atoms with E-state index in [4.69, 9.17) is 5.73 Å². The quantitative estimate of drug-likeness (QED) is 0.731. The summed E-state index contributed by atoms with van der Waals surface area (Å²) in [6.45, 7) is -1.65. The minimum atomic E-state index is -4.50. The molecule has 0 aromatic heterocycles. The molecule has 4 N–H and O–H groups in total. The average molecular weight is 265 g/mol. The Labute approximate surface area is 100 Å². The molecule has 0 heterocycles. The van der Waals surface area contributed by atoms with Crippen molar-refractivity contribution in [3.05, 3.63) is 29.6 Å². The largest absolute Gasteiger partial charge is 0.405 e. The van der Waals surface area contributed by atoms with Crippen LogP contribution in [-0.4, -0.2) is 18.8 Å². The van der Waals surface area contributed by atoms with E-state index >= 15 is 0 Å². The van der Waals surface area contributed by atoms with E-state index in [-0.39, 0.29) is 17.8 Å². The number of amides is 2. The Kier molecular flexibility index (Phi) is 4.49. The second kappa shape index (κ2) is 5.67. The van der Waals surface area contributed by atoms with E-state index in [1.54, 1.807) is 5.32 Å². The molecule has 8 heteroatoms. The first kappa shape index (κ1) is 14.2. The molecule has 0 atom stereocenters. The standard InChI is InChI=1S/C10H11F4N3O/c11-7-2-1-3-8(6(7)4-15)17-9(18)16-5-10(12,13)14/h1-3H,4-5,15H2,(H2,16,17,18). The zero-order valence-corrected chi connectivity index (χ0v) is 9.14. The zero-order valence-electron chi connectivity index (χ0n) is 9.14. The molecule has 0 saturated heterocycles. The van der Waals surface area contributed by atoms with Crippen LogP contribution >= 0.6 is 0 Å². The van der Waals surface area contributed by atoms with Crippen LogP contribution in [0.25, 0.3) is 0 Å². The van der Waals surface area contributed by atoms with Crippen molar-refractivity contribution in [2.75, 3.05) is 11.9 Å². The molecule has 1 rings (SSSR count). The maximum Gasteiger partial charge on any atom is 0.405 e. The summed E-state index contributed by atoms with van der Waals surface area (Å²) in [6.07, 6.45) is -4.50. The first-order valence-corrected chi connectivity index (χ1v) is 4.92. The Balaban J connectivity index is 2.68. The number of carbonyl (C=O) groups excluding carboxylic acids is 1. The number of anilines is 1. The van der Waals surface area contributed by atoms with Gasteiger partial charge in [0.25, 0.3) is 0 Å². The maximum absolute atomic E-state index is 13.2. The molecule has 1 aromatic rings. The third-order valence-corrected chi connectivity index (χ3v) is 2.02. The summed E-state index contributed by atoms with van der Waals surface area (Å²) in [5.41, 5.74) is 5.35. The minimum absolute atomic E-state index is 0.0275. The molecule has 0 aliphatic carbocycles. The van der Waals surface area contributed by atoms with Crippen LogP contribution in [-0.2, 0) is 6.54 Å². The summed E-state index contributed by atoms with van der Waals surface area (Å²) < 4.78 is 48.8. The van der Waals surface area contributed by atoms with Crippen LogP contribution in [0.2, 0.25) is 0 Å². The number of benzene rings is 1. The number of urea groups is 1. The molecule has 0 unspecified atom stereocenters. The van der Waals surface area contributed by atoms with Crippen molar-refractivity contribution in [2.45, 2.75) is 12.7 Å². The van der Waals surface area contributed by atoms with Crippen molar-refractivity contribution in [3.8, 4) is 0 Å². The Morgan fingerprint density at radius 1 is 1.33 bits per heavy atom. The summed E-state index contributed by atoms with van der Waals surface area (Å²) in [7, 11) is 0. The molecule has 100 valence electrons. The lowest BCUT2D eigenvalue weighted by Crippen LogP contribution is -2.36. The first-order chi connectivity index (χ1) is 8.33. The smallest absolute Gasteiger partial charge is 0.329 e. The number of hydrogen-bond donors (Lipinski definition) is 3. The van der Waals surface area contributed by atoms with Crippen LogP contribution in [0.1, 0.15) is 5.56 Å². The topological polar surface area (TPSA) is 67.1 Å². The Bertz CT molecular complexity index is 434. The van der Waals surface area contributed by atoms with E-state index in [1.165, 1.54) is 12.1 Å². The Morgan fingerprint density at radius 2 is 2.00 bits per heavy atom. The lowest BCUT2D eigenvalue weighted by molar-refractivity contribution is -0.122. The van der Waals surface area contributed by atoms with Crippen molar-refractivity contribution in [1.82, 2.24) is 5.32 Å². The number of alkyl halides is 3. The lowest BCUT2D eigenvalue weighted by atomic mass is 10.1. The van der Waals surface area contributed by atoms with Gasteiger partial charge in [0.2, 0.25) is 0 Å². The molecule has 4 nitrogen and oxygen atoms in total. The second-order valence-electron chi connectivity index (χ2n) is 3.39. The van der Waals surface area contributed by atoms with Gasteiger partial charge in [-0.05, 0) is 12.1 Å². The van der Waals surface area contributed by atoms with E-state index in [9.17, 15) is 22.4 Å². The minimum Gasteiger partial charge on any atom is -0.329 e. The number of nitrogens with two attached hydrogens (primary N) is 1. The van der Waals surface area contributed by atoms with E-state index < -0.39 is 24.6 Å². The van der Waals surface area contributed by atoms with Gasteiger partial charge < -0.3 is 16.4 Å². The molecular formula is C10H11F4N3O. The summed E-state index contributed by atoms with van der Waals surface area (Å²) in [5.74, 6) is -0.633. The molecule has 1 aromatic carbocycles. The summed E-state index contributed by atoms with van der Waals surface area (Å²) >= 11 is 0. The van der Waals surface area contributed by atoms with Gasteiger partial charge in [0.1, 0.15) is 12.4 Å². The monoisotopic (exact) mass is 265 g/mol. The molecule has 0 radical (unpaired) electrons. The van der Waals surface area contributed by atoms with Gasteiger partial charge in [-0.1, -0.05) is 6.07 Å². The third-order valence-electron chi connectivity index (χ3n) is 2.02. The highest BCUT2D eigenvalue weighted by Gasteiger charge is 2.27. The maximum atomic E-state index is 13.2. The summed E-state index contributed by atoms with van der Waals surface area (Å²) in [5, 5.41) is 3.71. The second-order valence-corrected chi connectivity index (χ2v) is 3.39. The van der Waals surface area contributed by atoms with Crippen LogP contribution in [0.5, 0.6) is 0 Å². The molecule has 0 aliphatic heterocycles. The number of carbonyl (C=O) groups is 1. The van der Waals surface area contributed by atoms with Crippen molar-refractivity contribution in [1.29, 1.82) is 0 Å². The number of hydrogen-bond acceptors (Lipinski definition) is 2. The van der Waals surface area contributed by atoms with E-state index in [0.29, 0.717) is 0 Å². The molecule has 0 aliphatic rings. The molecule has 2 amide bonds. The average Bonchev–Trinajstić information content (AvgIpc) is 2.26. The van der Waals surface area contributed by atoms with Crippen LogP contribution in [0, 0.1) is 5.82 Å². The fourth-order valence-electron chi connectivity index (χ4n) is 1.23. The molecule has 0 fully saturated rings. The van der Waals surface area contributed by atoms with Crippen molar-refractivity contribution in [2.24, 2.45) is 5.73 Å². The van der Waals surface area contributed by atoms with Gasteiger partial charge in [-0.25, -0.2) is 9.18 Å². The van der Waals surface area contributed by atoms with Crippen molar-refractivity contribution in [3.63, 3.8) is 0 Å². The Morgan fingerprint density at radius 3 is 2.56 bits per heavy atom. The first-order valence-electron chi connectivity index (χ1n) is 4.92. The molecule has 0 saturated carbocycles. The molecular weight excluding hydrogens is 254 g/mol. The van der Waals surface area contributed by atoms with Gasteiger partial charge in [-0.2, -0.15) is 13.2 Å². The predicted molar refractivity (Wildman–Crippen MR) is 57.4 cm³/mol. The number of halogens is 4. The highest BCUT2D eigenvalue weighted by atomic mass is 19.4. The van der Waals surface area contributed by atoms with E-state index in [2.05, 4.69) is 5.32 Å². The fraction of sp³-hybridized carbons (Fsp3) is 0.300. The lowest BCUT2D eigenvalue weighted by Gasteiger charge is -2.12. The Hall–Kier alpha value is -1.83. The zero-order chi connectivity index (χ0) is 13.8. The SMILES string of the molecule is NCc1c(F)cccc1NC(=O)NCC(F)(F)F. The van der Waals surface area contributed by atoms with Crippen LogP contribution in [0.15, 0.2) is 18.2 Å². The van der Waals surface area contributed by atoms with Gasteiger partial charge in [-0.15, -0.1) is 0 Å². The highest BCUT2D eigenvalue weighted by molar-refractivity contribution is 5.90. The van der Waals surface area contributed by atoms with Crippen LogP contribution in [0.3, 0.4) is 0 Å². The molecule has 18 heavy (non-hydrogen) atoms. The van der Waals surface area contributed by atoms with Gasteiger partial charge in [0.05, 0.1) is 0 Å². The number of rotatable bonds is 3. The van der Waals surface area contributed by atoms with E-state index in [1.807, 2.05) is 0 Å². The van der Waals surface area contributed by atoms with Crippen molar-refractivity contribution >= 4 is 11.7 Å². The normalized spacial score (nSPS) is 11.2. The van der Waals surface area contributed by atoms with Gasteiger partial charge in [0, 0.05) is 17.8 Å². The fourth-order valence-corrected chi connectivity index (χ4v) is 1.23. The third kappa shape index (κ3) is 4.21. The van der Waals surface area contributed by atoms with Crippen LogP contribution < -0.4 is 16.4 Å². The van der Waals surface area contributed by atoms with Gasteiger partial charge >= 0.3 is 12.2 Å². The molecule has 0 bridgehead atoms. The van der Waals surface area contributed by atoms with Gasteiger partial charge in [-0.3, -0.25) is 0 Å². The predicted octanol–water partition coefficient (Wildman–Crippen LogP) is 1.97. The van der Waals surface area contributed by atoms with E-state index in [0.717, 1.165) is 6.07 Å². The summed E-state index contributed by atoms with van der Waals surface area (Å²) in [6, 6.07) is 2.72. The number of nitrogens with one attached hydrogen (secondary N) is 2. The highest BCUT2D eigenvalue weighted by Crippen LogP contribution is 2.18. The summed E-state index contributed by atoms with van der Waals surface area (Å²) in [4.78, 5) is 11.2. The molecule has 0 spiro atoms. The van der Waals surface area contributed by atoms with Gasteiger partial charge in [0.15, 0.2) is 0 Å². The van der Waals surface area contributed by atoms with Crippen LogP contribution in [0.4, 0.5) is 28.0 Å². The van der Waals surface area contributed by atoms with Crippen molar-refractivity contribution < 1.29 is 22.4 Å².